The molecule has 2 aromatic heterocycles. The van der Waals surface area contributed by atoms with E-state index in [0.29, 0.717) is 22.8 Å². The predicted molar refractivity (Wildman–Crippen MR) is 117 cm³/mol. The summed E-state index contributed by atoms with van der Waals surface area (Å²) in [7, 11) is 3.61. The highest BCUT2D eigenvalue weighted by molar-refractivity contribution is 5.93. The molecular formula is C24H23FN4O2. The van der Waals surface area contributed by atoms with Gasteiger partial charge in [0.05, 0.1) is 0 Å². The molecule has 0 aliphatic heterocycles. The number of amides is 1. The van der Waals surface area contributed by atoms with Crippen molar-refractivity contribution in [3.05, 3.63) is 95.7 Å². The quantitative estimate of drug-likeness (QED) is 0.487. The fourth-order valence-electron chi connectivity index (χ4n) is 3.43. The number of carbonyl (C=O) groups is 1. The number of aromatic nitrogens is 2. The Morgan fingerprint density at radius 3 is 2.32 bits per heavy atom. The SMILES string of the molecule is CNC(=O)c1cc(Oc2ccc(CN(C)Cc3ccc(F)cc3)cc2)cc2nccn12. The third-order valence-corrected chi connectivity index (χ3v) is 4.92. The molecule has 4 aromatic rings. The highest BCUT2D eigenvalue weighted by Crippen LogP contribution is 2.25. The van der Waals surface area contributed by atoms with E-state index in [2.05, 4.69) is 15.2 Å². The highest BCUT2D eigenvalue weighted by atomic mass is 19.1. The van der Waals surface area contributed by atoms with Crippen molar-refractivity contribution >= 4 is 11.6 Å². The molecule has 0 atom stereocenters. The second-order valence-electron chi connectivity index (χ2n) is 7.36. The number of benzene rings is 2. The topological polar surface area (TPSA) is 58.9 Å². The largest absolute Gasteiger partial charge is 0.457 e. The Bertz CT molecular complexity index is 1190. The summed E-state index contributed by atoms with van der Waals surface area (Å²) in [6.45, 7) is 1.48. The van der Waals surface area contributed by atoms with Crippen LogP contribution in [0.5, 0.6) is 11.5 Å². The molecule has 158 valence electrons. The van der Waals surface area contributed by atoms with Crippen molar-refractivity contribution in [3.63, 3.8) is 0 Å². The van der Waals surface area contributed by atoms with Gasteiger partial charge in [-0.1, -0.05) is 24.3 Å². The molecule has 0 spiro atoms. The summed E-state index contributed by atoms with van der Waals surface area (Å²) in [6.07, 6.45) is 3.38. The molecule has 2 heterocycles. The smallest absolute Gasteiger partial charge is 0.268 e. The molecule has 6 nitrogen and oxygen atoms in total. The molecule has 0 unspecified atom stereocenters. The van der Waals surface area contributed by atoms with Crippen molar-refractivity contribution in [2.24, 2.45) is 0 Å². The fraction of sp³-hybridized carbons (Fsp3) is 0.167. The fourth-order valence-corrected chi connectivity index (χ4v) is 3.43. The molecule has 1 amide bonds. The van der Waals surface area contributed by atoms with E-state index in [4.69, 9.17) is 4.74 Å². The van der Waals surface area contributed by atoms with Gasteiger partial charge in [0.1, 0.15) is 28.7 Å². The minimum absolute atomic E-state index is 0.215. The van der Waals surface area contributed by atoms with Crippen molar-refractivity contribution in [2.75, 3.05) is 14.1 Å². The maximum atomic E-state index is 13.1. The van der Waals surface area contributed by atoms with E-state index in [1.165, 1.54) is 12.1 Å². The van der Waals surface area contributed by atoms with Crippen molar-refractivity contribution in [1.82, 2.24) is 19.6 Å². The van der Waals surface area contributed by atoms with Crippen LogP contribution in [0.25, 0.3) is 5.65 Å². The lowest BCUT2D eigenvalue weighted by atomic mass is 10.1. The van der Waals surface area contributed by atoms with Crippen molar-refractivity contribution in [1.29, 1.82) is 0 Å². The van der Waals surface area contributed by atoms with Crippen molar-refractivity contribution in [2.45, 2.75) is 13.1 Å². The average Bonchev–Trinajstić information content (AvgIpc) is 3.24. The van der Waals surface area contributed by atoms with Gasteiger partial charge in [0.25, 0.3) is 5.91 Å². The minimum atomic E-state index is -0.226. The monoisotopic (exact) mass is 418 g/mol. The second-order valence-corrected chi connectivity index (χ2v) is 7.36. The molecule has 0 radical (unpaired) electrons. The van der Waals surface area contributed by atoms with E-state index in [0.717, 1.165) is 24.2 Å². The molecule has 2 aromatic carbocycles. The Morgan fingerprint density at radius 2 is 1.68 bits per heavy atom. The highest BCUT2D eigenvalue weighted by Gasteiger charge is 2.12. The summed E-state index contributed by atoms with van der Waals surface area (Å²) in [5, 5.41) is 2.63. The van der Waals surface area contributed by atoms with Gasteiger partial charge >= 0.3 is 0 Å². The normalized spacial score (nSPS) is 11.1. The molecule has 0 bridgehead atoms. The molecule has 0 aliphatic rings. The molecule has 0 fully saturated rings. The predicted octanol–water partition coefficient (Wildman–Crippen LogP) is 4.26. The summed E-state index contributed by atoms with van der Waals surface area (Å²) in [6, 6.07) is 17.8. The Kier molecular flexibility index (Phi) is 5.95. The van der Waals surface area contributed by atoms with Gasteiger partial charge in [-0.15, -0.1) is 0 Å². The number of imidazole rings is 1. The summed E-state index contributed by atoms with van der Waals surface area (Å²) >= 11 is 0. The molecular weight excluding hydrogens is 395 g/mol. The summed E-state index contributed by atoms with van der Waals surface area (Å²) in [5.41, 5.74) is 3.28. The summed E-state index contributed by atoms with van der Waals surface area (Å²) in [5.74, 6) is 0.770. The first-order chi connectivity index (χ1) is 15.0. The van der Waals surface area contributed by atoms with Crippen molar-refractivity contribution < 1.29 is 13.9 Å². The van der Waals surface area contributed by atoms with Crippen LogP contribution >= 0.6 is 0 Å². The first-order valence-corrected chi connectivity index (χ1v) is 9.91. The number of nitrogens with zero attached hydrogens (tertiary/aromatic N) is 3. The Hall–Kier alpha value is -3.71. The van der Waals surface area contributed by atoms with Crippen LogP contribution in [0.15, 0.2) is 73.1 Å². The number of halogens is 1. The zero-order valence-electron chi connectivity index (χ0n) is 17.4. The summed E-state index contributed by atoms with van der Waals surface area (Å²) < 4.78 is 20.7. The number of carbonyl (C=O) groups excluding carboxylic acids is 1. The van der Waals surface area contributed by atoms with Gasteiger partial charge in [-0.2, -0.15) is 0 Å². The number of hydrogen-bond acceptors (Lipinski definition) is 4. The third-order valence-electron chi connectivity index (χ3n) is 4.92. The zero-order chi connectivity index (χ0) is 21.8. The molecule has 0 saturated heterocycles. The molecule has 4 rings (SSSR count). The number of fused-ring (bicyclic) bond motifs is 1. The molecule has 0 aliphatic carbocycles. The maximum Gasteiger partial charge on any atom is 0.268 e. The lowest BCUT2D eigenvalue weighted by Gasteiger charge is -2.17. The molecule has 0 saturated carbocycles. The van der Waals surface area contributed by atoms with E-state index >= 15 is 0 Å². The first-order valence-electron chi connectivity index (χ1n) is 9.91. The maximum absolute atomic E-state index is 13.1. The van der Waals surface area contributed by atoms with Gasteiger partial charge in [-0.25, -0.2) is 9.37 Å². The van der Waals surface area contributed by atoms with Crippen molar-refractivity contribution in [3.8, 4) is 11.5 Å². The van der Waals surface area contributed by atoms with Gasteiger partial charge in [-0.05, 0) is 42.4 Å². The molecule has 1 N–H and O–H groups in total. The van der Waals surface area contributed by atoms with Gasteiger partial charge in [0.2, 0.25) is 0 Å². The van der Waals surface area contributed by atoms with Crippen LogP contribution in [0.3, 0.4) is 0 Å². The van der Waals surface area contributed by atoms with Crippen LogP contribution < -0.4 is 10.1 Å². The van der Waals surface area contributed by atoms with Gasteiger partial charge in [0.15, 0.2) is 0 Å². The lowest BCUT2D eigenvalue weighted by molar-refractivity contribution is 0.0956. The number of rotatable bonds is 7. The van der Waals surface area contributed by atoms with Crippen LogP contribution in [0.4, 0.5) is 4.39 Å². The second kappa shape index (κ2) is 8.97. The number of hydrogen-bond donors (Lipinski definition) is 1. The summed E-state index contributed by atoms with van der Waals surface area (Å²) in [4.78, 5) is 18.6. The average molecular weight is 418 g/mol. The van der Waals surface area contributed by atoms with Crippen LogP contribution in [0, 0.1) is 5.82 Å². The Balaban J connectivity index is 1.44. The van der Waals surface area contributed by atoms with Gasteiger partial charge in [0, 0.05) is 44.7 Å². The van der Waals surface area contributed by atoms with Crippen LogP contribution in [-0.4, -0.2) is 34.3 Å². The lowest BCUT2D eigenvalue weighted by Crippen LogP contribution is -2.20. The van der Waals surface area contributed by atoms with E-state index < -0.39 is 0 Å². The van der Waals surface area contributed by atoms with E-state index in [1.54, 1.807) is 48.1 Å². The van der Waals surface area contributed by atoms with Gasteiger partial charge in [-0.3, -0.25) is 14.1 Å². The number of ether oxygens (including phenoxy) is 1. The zero-order valence-corrected chi connectivity index (χ0v) is 17.4. The molecule has 7 heteroatoms. The van der Waals surface area contributed by atoms with E-state index in [9.17, 15) is 9.18 Å². The number of nitrogens with one attached hydrogen (secondary N) is 1. The van der Waals surface area contributed by atoms with Crippen LogP contribution in [0.1, 0.15) is 21.6 Å². The first kappa shape index (κ1) is 20.6. The number of pyridine rings is 1. The van der Waals surface area contributed by atoms with E-state index in [-0.39, 0.29) is 11.7 Å². The van der Waals surface area contributed by atoms with E-state index in [1.807, 2.05) is 31.3 Å². The third kappa shape index (κ3) is 4.90. The standard InChI is InChI=1S/C24H23FN4O2/c1-26-24(30)22-13-21(14-23-27-11-12-29(22)23)31-20-9-5-18(6-10-20)16-28(2)15-17-3-7-19(25)8-4-17/h3-14H,15-16H2,1-2H3,(H,26,30). The minimum Gasteiger partial charge on any atom is -0.457 e. The van der Waals surface area contributed by atoms with Gasteiger partial charge < -0.3 is 10.1 Å². The molecule has 31 heavy (non-hydrogen) atoms. The van der Waals surface area contributed by atoms with Crippen LogP contribution in [-0.2, 0) is 13.1 Å². The van der Waals surface area contributed by atoms with Crippen LogP contribution in [0.2, 0.25) is 0 Å². The Morgan fingerprint density at radius 1 is 1.03 bits per heavy atom. The Labute approximate surface area is 179 Å².